The summed E-state index contributed by atoms with van der Waals surface area (Å²) < 4.78 is 33.7. The van der Waals surface area contributed by atoms with Crippen LogP contribution in [-0.2, 0) is 41.1 Å². The van der Waals surface area contributed by atoms with Gasteiger partial charge >= 0.3 is 20.0 Å². The van der Waals surface area contributed by atoms with Crippen LogP contribution in [0.4, 0.5) is 0 Å². The number of hydrogen-bond acceptors (Lipinski definition) is 7. The van der Waals surface area contributed by atoms with Gasteiger partial charge in [0, 0.05) is 37.8 Å². The molecule has 2 aliphatic heterocycles. The number of nitrogens with zero attached hydrogens (tertiary/aromatic N) is 1. The van der Waals surface area contributed by atoms with Gasteiger partial charge in [0.1, 0.15) is 0 Å². The van der Waals surface area contributed by atoms with E-state index in [1.54, 1.807) is 11.3 Å². The van der Waals surface area contributed by atoms with E-state index >= 15 is 0 Å². The highest BCUT2D eigenvalue weighted by molar-refractivity contribution is 9.10. The number of esters is 1. The minimum absolute atomic E-state index is 0.202. The largest absolute Gasteiger partial charge is 0.488 e. The maximum Gasteiger partial charge on any atom is 0.488 e. The summed E-state index contributed by atoms with van der Waals surface area (Å²) >= 11 is 11.5. The molecule has 246 valence electrons. The molecule has 7 nitrogen and oxygen atoms in total. The van der Waals surface area contributed by atoms with Crippen LogP contribution < -0.4 is 0 Å². The molecule has 2 aromatic heterocycles. The maximum atomic E-state index is 12.0. The lowest BCUT2D eigenvalue weighted by atomic mass is 9.49. The van der Waals surface area contributed by atoms with E-state index in [1.165, 1.54) is 15.6 Å². The van der Waals surface area contributed by atoms with Crippen molar-refractivity contribution in [3.05, 3.63) is 68.6 Å². The molecule has 2 aromatic carbocycles. The van der Waals surface area contributed by atoms with Crippen molar-refractivity contribution in [2.45, 2.75) is 104 Å². The van der Waals surface area contributed by atoms with Crippen LogP contribution in [0.25, 0.3) is 21.0 Å². The molecule has 0 radical (unpaired) electrons. The van der Waals surface area contributed by atoms with Crippen LogP contribution in [0.3, 0.4) is 0 Å². The van der Waals surface area contributed by atoms with Crippen molar-refractivity contribution in [2.24, 2.45) is 0 Å². The molecule has 0 bridgehead atoms. The van der Waals surface area contributed by atoms with Crippen molar-refractivity contribution < 1.29 is 28.1 Å². The molecule has 0 N–H and O–H groups in total. The lowest BCUT2D eigenvalue weighted by molar-refractivity contribution is -0.142. The molecule has 46 heavy (non-hydrogen) atoms. The second kappa shape index (κ2) is 13.2. The summed E-state index contributed by atoms with van der Waals surface area (Å²) in [7, 11) is -0.946. The van der Waals surface area contributed by atoms with Gasteiger partial charge < -0.3 is 27.9 Å². The Balaban J connectivity index is 0.000000193. The van der Waals surface area contributed by atoms with Crippen LogP contribution in [0.15, 0.2) is 52.4 Å². The van der Waals surface area contributed by atoms with Gasteiger partial charge in [-0.2, -0.15) is 0 Å². The van der Waals surface area contributed by atoms with E-state index in [-0.39, 0.29) is 34.8 Å². The first kappa shape index (κ1) is 35.5. The molecule has 1 unspecified atom stereocenters. The minimum Gasteiger partial charge on any atom is -0.466 e. The average Bonchev–Trinajstić information content (AvgIpc) is 3.65. The van der Waals surface area contributed by atoms with Crippen molar-refractivity contribution in [3.8, 4) is 0 Å². The number of aromatic nitrogens is 1. The first-order valence-electron chi connectivity index (χ1n) is 15.8. The number of carbonyl (C=O) groups is 1. The number of hydrogen-bond donors (Lipinski definition) is 0. The third kappa shape index (κ3) is 6.98. The highest BCUT2D eigenvalue weighted by atomic mass is 79.9. The highest BCUT2D eigenvalue weighted by Gasteiger charge is 2.64. The number of halogens is 2. The molecule has 0 amide bonds. The van der Waals surface area contributed by atoms with Crippen molar-refractivity contribution in [3.63, 3.8) is 0 Å². The van der Waals surface area contributed by atoms with E-state index < -0.39 is 14.0 Å². The van der Waals surface area contributed by atoms with Crippen molar-refractivity contribution in [1.29, 1.82) is 0 Å². The molecule has 2 saturated heterocycles. The Hall–Kier alpha value is -1.85. The predicted molar refractivity (Wildman–Crippen MR) is 193 cm³/mol. The number of carbonyl (C=O) groups excluding carboxylic acids is 1. The molecular formula is C34H43B2BrClNO6S. The zero-order valence-corrected chi connectivity index (χ0v) is 31.3. The van der Waals surface area contributed by atoms with Gasteiger partial charge in [-0.3, -0.25) is 4.79 Å². The summed E-state index contributed by atoms with van der Waals surface area (Å²) in [5.74, 6) is -0.202. The van der Waals surface area contributed by atoms with Crippen molar-refractivity contribution in [2.75, 3.05) is 6.61 Å². The molecule has 0 spiro atoms. The Morgan fingerprint density at radius 1 is 0.891 bits per heavy atom. The third-order valence-corrected chi connectivity index (χ3v) is 11.5. The van der Waals surface area contributed by atoms with E-state index in [0.717, 1.165) is 38.9 Å². The molecule has 2 aliphatic rings. The molecule has 0 aliphatic carbocycles. The Morgan fingerprint density at radius 3 is 2.17 bits per heavy atom. The van der Waals surface area contributed by atoms with Gasteiger partial charge in [0.15, 0.2) is 0 Å². The number of ether oxygens (including phenoxy) is 1. The third-order valence-electron chi connectivity index (χ3n) is 9.75. The Bertz CT molecular complexity index is 1720. The summed E-state index contributed by atoms with van der Waals surface area (Å²) in [4.78, 5) is 12.0. The highest BCUT2D eigenvalue weighted by Crippen LogP contribution is 2.44. The molecule has 6 rings (SSSR count). The summed E-state index contributed by atoms with van der Waals surface area (Å²) in [6.45, 7) is 19.4. The van der Waals surface area contributed by atoms with Crippen molar-refractivity contribution >= 4 is 79.8 Å². The summed E-state index contributed by atoms with van der Waals surface area (Å²) in [6, 6.07) is 12.1. The van der Waals surface area contributed by atoms with Crippen molar-refractivity contribution in [1.82, 2.24) is 4.57 Å². The molecule has 4 heterocycles. The van der Waals surface area contributed by atoms with Crippen LogP contribution in [0.1, 0.15) is 79.9 Å². The van der Waals surface area contributed by atoms with E-state index in [9.17, 15) is 4.79 Å². The van der Waals surface area contributed by atoms with Gasteiger partial charge in [-0.25, -0.2) is 0 Å². The molecule has 12 heteroatoms. The van der Waals surface area contributed by atoms with E-state index in [2.05, 4.69) is 71.9 Å². The monoisotopic (exact) mass is 729 g/mol. The van der Waals surface area contributed by atoms with Crippen LogP contribution >= 0.6 is 38.9 Å². The van der Waals surface area contributed by atoms with Crippen LogP contribution in [0.5, 0.6) is 0 Å². The molecule has 0 saturated carbocycles. The molecular weight excluding hydrogens is 687 g/mol. The zero-order valence-electron chi connectivity index (χ0n) is 28.2. The van der Waals surface area contributed by atoms with Gasteiger partial charge in [-0.1, -0.05) is 40.5 Å². The summed E-state index contributed by atoms with van der Waals surface area (Å²) in [6.07, 6.45) is 3.22. The lowest BCUT2D eigenvalue weighted by Crippen LogP contribution is -2.44. The number of thiophene rings is 1. The molecule has 2 fully saturated rings. The van der Waals surface area contributed by atoms with E-state index in [1.807, 2.05) is 58.9 Å². The normalized spacial score (nSPS) is 21.5. The second-order valence-corrected chi connectivity index (χ2v) is 15.9. The number of benzene rings is 2. The Morgan fingerprint density at radius 2 is 1.54 bits per heavy atom. The van der Waals surface area contributed by atoms with Crippen LogP contribution in [-0.4, -0.2) is 53.6 Å². The Kier molecular flexibility index (Phi) is 10.2. The fraction of sp³-hybridized carbons (Fsp3) is 0.500. The topological polar surface area (TPSA) is 68.2 Å². The van der Waals surface area contributed by atoms with E-state index in [4.69, 9.17) is 35.0 Å². The first-order chi connectivity index (χ1) is 21.5. The quantitative estimate of drug-likeness (QED) is 0.140. The smallest absolute Gasteiger partial charge is 0.466 e. The van der Waals surface area contributed by atoms with Gasteiger partial charge in [-0.15, -0.1) is 11.3 Å². The molecule has 4 aromatic rings. The fourth-order valence-electron chi connectivity index (χ4n) is 5.80. The van der Waals surface area contributed by atoms with Crippen LogP contribution in [0.2, 0.25) is 5.02 Å². The zero-order chi connectivity index (χ0) is 33.7. The fourth-order valence-corrected chi connectivity index (χ4v) is 7.25. The van der Waals surface area contributed by atoms with Crippen LogP contribution in [0, 0.1) is 0 Å². The minimum atomic E-state index is -0.474. The second-order valence-electron chi connectivity index (χ2n) is 13.7. The lowest BCUT2D eigenvalue weighted by Gasteiger charge is -2.35. The number of rotatable bonds is 7. The van der Waals surface area contributed by atoms with E-state index in [0.29, 0.717) is 6.61 Å². The van der Waals surface area contributed by atoms with Gasteiger partial charge in [0.25, 0.3) is 0 Å². The Labute approximate surface area is 290 Å². The first-order valence-corrected chi connectivity index (χ1v) is 17.8. The van der Waals surface area contributed by atoms with Gasteiger partial charge in [-0.05, 0) is 114 Å². The summed E-state index contributed by atoms with van der Waals surface area (Å²) in [5, 5.41) is 5.17. The maximum absolute atomic E-state index is 12.0. The summed E-state index contributed by atoms with van der Waals surface area (Å²) in [5.41, 5.74) is 1.90. The predicted octanol–water partition coefficient (Wildman–Crippen LogP) is 9.07. The number of fused-ring (bicyclic) bond motifs is 2. The SMILES string of the molecule is CCC1(C)OB(B2OC(C)(C)C(C)(C)O2)OC1(C)C.CCOC(=O)Cc1cn(Cc2csc3ccc(Cl)cc23)c2cc(Br)ccc12. The average molecular weight is 731 g/mol. The van der Waals surface area contributed by atoms with Gasteiger partial charge in [0.2, 0.25) is 0 Å². The standard InChI is InChI=1S/C21H17BrClNO2S.C13H26B2O4/c1-2-26-21(25)7-13-10-24(19-8-15(22)3-5-17(13)19)11-14-12-27-20-6-4-16(23)9-18(14)20;1-9-13(8)12(6,7)18-15(19-13)14-16-10(2,3)11(4,5)17-14/h3-6,8-10,12H,2,7,11H2,1H3;9H2,1-8H3. The molecule has 1 atom stereocenters. The van der Waals surface area contributed by atoms with Gasteiger partial charge in [0.05, 0.1) is 35.4 Å².